The molecule has 0 bridgehead atoms. The zero-order valence-corrected chi connectivity index (χ0v) is 11.1. The third-order valence-corrected chi connectivity index (χ3v) is 3.07. The first-order chi connectivity index (χ1) is 8.22. The molecule has 3 nitrogen and oxygen atoms in total. The molecule has 0 aliphatic carbocycles. The van der Waals surface area contributed by atoms with Crippen LogP contribution in [0.3, 0.4) is 0 Å². The second-order valence-electron chi connectivity index (χ2n) is 3.80. The van der Waals surface area contributed by atoms with Gasteiger partial charge < -0.3 is 5.32 Å². The number of halogens is 1. The first-order valence-electron chi connectivity index (χ1n) is 5.55. The zero-order chi connectivity index (χ0) is 12.3. The molecule has 0 unspecified atom stereocenters. The lowest BCUT2D eigenvalue weighted by Gasteiger charge is -2.09. The minimum absolute atomic E-state index is 0.0320. The summed E-state index contributed by atoms with van der Waals surface area (Å²) in [4.78, 5) is 16.0. The molecule has 0 radical (unpaired) electrons. The molecule has 0 fully saturated rings. The fourth-order valence-corrected chi connectivity index (χ4v) is 2.09. The number of hydrogen-bond acceptors (Lipinski definition) is 2. The van der Waals surface area contributed by atoms with Crippen molar-refractivity contribution < 1.29 is 4.79 Å². The van der Waals surface area contributed by atoms with Crippen molar-refractivity contribution in [2.24, 2.45) is 0 Å². The molecule has 0 saturated carbocycles. The van der Waals surface area contributed by atoms with Gasteiger partial charge in [0.2, 0.25) is 5.91 Å². The third-order valence-electron chi connectivity index (χ3n) is 2.47. The maximum absolute atomic E-state index is 11.7. The van der Waals surface area contributed by atoms with Gasteiger partial charge in [0.15, 0.2) is 0 Å². The van der Waals surface area contributed by atoms with Gasteiger partial charge in [0, 0.05) is 18.0 Å². The van der Waals surface area contributed by atoms with E-state index in [0.29, 0.717) is 6.42 Å². The van der Waals surface area contributed by atoms with Crippen LogP contribution in [0.15, 0.2) is 34.9 Å². The molecular formula is C13H13BrN2O. The van der Waals surface area contributed by atoms with Crippen LogP contribution in [0.2, 0.25) is 0 Å². The van der Waals surface area contributed by atoms with E-state index >= 15 is 0 Å². The van der Waals surface area contributed by atoms with Crippen LogP contribution in [-0.2, 0) is 4.79 Å². The van der Waals surface area contributed by atoms with Crippen molar-refractivity contribution in [2.75, 3.05) is 5.32 Å². The van der Waals surface area contributed by atoms with E-state index in [9.17, 15) is 4.79 Å². The number of rotatable bonds is 3. The Morgan fingerprint density at radius 2 is 2.18 bits per heavy atom. The Hall–Kier alpha value is -1.42. The Labute approximate surface area is 108 Å². The van der Waals surface area contributed by atoms with Crippen LogP contribution in [0.4, 0.5) is 5.69 Å². The minimum atomic E-state index is 0.0320. The number of anilines is 1. The second kappa shape index (κ2) is 5.27. The molecule has 1 aromatic heterocycles. The van der Waals surface area contributed by atoms with Crippen molar-refractivity contribution in [2.45, 2.75) is 19.8 Å². The van der Waals surface area contributed by atoms with E-state index in [-0.39, 0.29) is 5.91 Å². The molecule has 17 heavy (non-hydrogen) atoms. The highest BCUT2D eigenvalue weighted by molar-refractivity contribution is 9.10. The monoisotopic (exact) mass is 292 g/mol. The average Bonchev–Trinajstić information content (AvgIpc) is 2.33. The fourth-order valence-electron chi connectivity index (χ4n) is 1.67. The zero-order valence-electron chi connectivity index (χ0n) is 9.53. The van der Waals surface area contributed by atoms with Gasteiger partial charge in [-0.05, 0) is 28.4 Å². The summed E-state index contributed by atoms with van der Waals surface area (Å²) in [6, 6.07) is 7.75. The largest absolute Gasteiger partial charge is 0.324 e. The summed E-state index contributed by atoms with van der Waals surface area (Å²) in [5.41, 5.74) is 1.68. The maximum Gasteiger partial charge on any atom is 0.224 e. The van der Waals surface area contributed by atoms with Gasteiger partial charge >= 0.3 is 0 Å². The minimum Gasteiger partial charge on any atom is -0.324 e. The smallest absolute Gasteiger partial charge is 0.224 e. The predicted molar refractivity (Wildman–Crippen MR) is 73.0 cm³/mol. The summed E-state index contributed by atoms with van der Waals surface area (Å²) in [7, 11) is 0. The lowest BCUT2D eigenvalue weighted by molar-refractivity contribution is -0.116. The number of benzene rings is 1. The molecule has 2 rings (SSSR count). The first-order valence-corrected chi connectivity index (χ1v) is 6.34. The average molecular weight is 293 g/mol. The van der Waals surface area contributed by atoms with Gasteiger partial charge in [0.25, 0.3) is 0 Å². The number of amides is 1. The van der Waals surface area contributed by atoms with Crippen LogP contribution in [-0.4, -0.2) is 10.9 Å². The molecule has 1 N–H and O–H groups in total. The molecule has 0 spiro atoms. The summed E-state index contributed by atoms with van der Waals surface area (Å²) < 4.78 is 0.806. The van der Waals surface area contributed by atoms with Gasteiger partial charge in [-0.2, -0.15) is 0 Å². The summed E-state index contributed by atoms with van der Waals surface area (Å²) in [6.07, 6.45) is 3.08. The quantitative estimate of drug-likeness (QED) is 0.936. The first kappa shape index (κ1) is 12.0. The topological polar surface area (TPSA) is 42.0 Å². The van der Waals surface area contributed by atoms with Crippen molar-refractivity contribution in [3.05, 3.63) is 34.9 Å². The fraction of sp³-hybridized carbons (Fsp3) is 0.231. The highest BCUT2D eigenvalue weighted by atomic mass is 79.9. The number of nitrogens with zero attached hydrogens (tertiary/aromatic N) is 1. The highest BCUT2D eigenvalue weighted by Crippen LogP contribution is 2.29. The number of carbonyl (C=O) groups is 1. The van der Waals surface area contributed by atoms with E-state index in [1.807, 2.05) is 31.2 Å². The molecule has 0 aliphatic rings. The molecule has 0 saturated heterocycles. The van der Waals surface area contributed by atoms with Crippen LogP contribution in [0, 0.1) is 0 Å². The van der Waals surface area contributed by atoms with Crippen molar-refractivity contribution in [1.82, 2.24) is 4.98 Å². The van der Waals surface area contributed by atoms with E-state index in [1.54, 1.807) is 6.20 Å². The Kier molecular flexibility index (Phi) is 3.74. The highest BCUT2D eigenvalue weighted by Gasteiger charge is 2.09. The van der Waals surface area contributed by atoms with Crippen LogP contribution in [0.1, 0.15) is 19.8 Å². The number of hydrogen-bond donors (Lipinski definition) is 1. The number of aromatic nitrogens is 1. The van der Waals surface area contributed by atoms with Gasteiger partial charge in [0.1, 0.15) is 0 Å². The summed E-state index contributed by atoms with van der Waals surface area (Å²) in [5, 5.41) is 3.88. The SMILES string of the molecule is CCCC(=O)Nc1c(Br)cnc2ccccc12. The molecule has 0 atom stereocenters. The summed E-state index contributed by atoms with van der Waals surface area (Å²) >= 11 is 3.42. The van der Waals surface area contributed by atoms with E-state index in [2.05, 4.69) is 26.2 Å². The van der Waals surface area contributed by atoms with Gasteiger partial charge in [-0.1, -0.05) is 25.1 Å². The summed E-state index contributed by atoms with van der Waals surface area (Å²) in [6.45, 7) is 1.99. The van der Waals surface area contributed by atoms with Crippen molar-refractivity contribution >= 4 is 38.4 Å². The number of pyridine rings is 1. The van der Waals surface area contributed by atoms with Crippen LogP contribution in [0.5, 0.6) is 0 Å². The molecular weight excluding hydrogens is 280 g/mol. The predicted octanol–water partition coefficient (Wildman–Crippen LogP) is 3.74. The van der Waals surface area contributed by atoms with E-state index in [4.69, 9.17) is 0 Å². The molecule has 1 heterocycles. The number of nitrogens with one attached hydrogen (secondary N) is 1. The number of para-hydroxylation sites is 1. The Balaban J connectivity index is 2.44. The van der Waals surface area contributed by atoms with Crippen molar-refractivity contribution in [3.63, 3.8) is 0 Å². The molecule has 1 amide bonds. The van der Waals surface area contributed by atoms with E-state index in [0.717, 1.165) is 27.5 Å². The molecule has 2 aromatic rings. The second-order valence-corrected chi connectivity index (χ2v) is 4.65. The van der Waals surface area contributed by atoms with E-state index < -0.39 is 0 Å². The van der Waals surface area contributed by atoms with Crippen molar-refractivity contribution in [1.29, 1.82) is 0 Å². The number of fused-ring (bicyclic) bond motifs is 1. The standard InChI is InChI=1S/C13H13BrN2O/c1-2-5-12(17)16-13-9-6-3-4-7-11(9)15-8-10(13)14/h3-4,6-8H,2,5H2,1H3,(H,15,16,17). The maximum atomic E-state index is 11.7. The summed E-state index contributed by atoms with van der Waals surface area (Å²) in [5.74, 6) is 0.0320. The third kappa shape index (κ3) is 2.64. The Morgan fingerprint density at radius 3 is 2.94 bits per heavy atom. The van der Waals surface area contributed by atoms with Crippen LogP contribution in [0.25, 0.3) is 10.9 Å². The van der Waals surface area contributed by atoms with Crippen molar-refractivity contribution in [3.8, 4) is 0 Å². The number of carbonyl (C=O) groups excluding carboxylic acids is 1. The Morgan fingerprint density at radius 1 is 1.41 bits per heavy atom. The molecule has 88 valence electrons. The lowest BCUT2D eigenvalue weighted by Crippen LogP contribution is -2.11. The molecule has 0 aliphatic heterocycles. The molecule has 1 aromatic carbocycles. The van der Waals surface area contributed by atoms with E-state index in [1.165, 1.54) is 0 Å². The van der Waals surface area contributed by atoms with Gasteiger partial charge in [-0.25, -0.2) is 0 Å². The van der Waals surface area contributed by atoms with Crippen LogP contribution >= 0.6 is 15.9 Å². The van der Waals surface area contributed by atoms with Gasteiger partial charge in [-0.15, -0.1) is 0 Å². The van der Waals surface area contributed by atoms with Crippen LogP contribution < -0.4 is 5.32 Å². The normalized spacial score (nSPS) is 10.5. The Bertz CT molecular complexity index is 554. The lowest BCUT2D eigenvalue weighted by atomic mass is 10.2. The molecule has 4 heteroatoms. The van der Waals surface area contributed by atoms with Gasteiger partial charge in [0.05, 0.1) is 15.7 Å². The van der Waals surface area contributed by atoms with Gasteiger partial charge in [-0.3, -0.25) is 9.78 Å².